The van der Waals surface area contributed by atoms with Crippen LogP contribution in [0.3, 0.4) is 0 Å². The van der Waals surface area contributed by atoms with Crippen LogP contribution in [0.5, 0.6) is 0 Å². The number of para-hydroxylation sites is 1. The van der Waals surface area contributed by atoms with E-state index in [9.17, 15) is 0 Å². The van der Waals surface area contributed by atoms with Gasteiger partial charge in [0, 0.05) is 38.8 Å². The van der Waals surface area contributed by atoms with Gasteiger partial charge in [0.15, 0.2) is 5.82 Å². The molecule has 0 fully saturated rings. The predicted molar refractivity (Wildman–Crippen MR) is 201 cm³/mol. The summed E-state index contributed by atoms with van der Waals surface area (Å²) in [7, 11) is 0. The number of thiophene rings is 1. The summed E-state index contributed by atoms with van der Waals surface area (Å²) < 4.78 is 3.46. The van der Waals surface area contributed by atoms with E-state index in [1.807, 2.05) is 12.3 Å². The molecule has 6 aromatic carbocycles. The Morgan fingerprint density at radius 3 is 1.92 bits per heavy atom. The van der Waals surface area contributed by atoms with E-state index in [-0.39, 0.29) is 0 Å². The van der Waals surface area contributed by atoms with Crippen LogP contribution in [0.25, 0.3) is 92.3 Å². The normalized spacial score (nSPS) is 11.8. The fourth-order valence-corrected chi connectivity index (χ4v) is 8.10. The molecule has 0 unspecified atom stereocenters. The van der Waals surface area contributed by atoms with Gasteiger partial charge in [0.1, 0.15) is 16.0 Å². The molecule has 4 aromatic heterocycles. The number of fused-ring (bicyclic) bond motifs is 7. The van der Waals surface area contributed by atoms with Crippen molar-refractivity contribution in [2.45, 2.75) is 0 Å². The third kappa shape index (κ3) is 4.18. The number of benzene rings is 6. The van der Waals surface area contributed by atoms with Gasteiger partial charge in [-0.25, -0.2) is 9.97 Å². The maximum absolute atomic E-state index is 5.58. The van der Waals surface area contributed by atoms with Crippen molar-refractivity contribution < 1.29 is 0 Å². The fraction of sp³-hybridized carbons (Fsp3) is 0. The largest absolute Gasteiger partial charge is 0.292 e. The van der Waals surface area contributed by atoms with Gasteiger partial charge in [-0.15, -0.1) is 11.3 Å². The Balaban J connectivity index is 1.33. The number of aromatic nitrogens is 4. The minimum absolute atomic E-state index is 0.796. The number of hydrogen-bond acceptors (Lipinski definition) is 4. The molecule has 0 spiro atoms. The summed E-state index contributed by atoms with van der Waals surface area (Å²) in [5.74, 6) is 0.796. The summed E-state index contributed by atoms with van der Waals surface area (Å²) in [6.07, 6.45) is 3.69. The van der Waals surface area contributed by atoms with Crippen molar-refractivity contribution in [3.05, 3.63) is 158 Å². The first kappa shape index (κ1) is 27.0. The van der Waals surface area contributed by atoms with E-state index in [0.717, 1.165) is 48.5 Å². The summed E-state index contributed by atoms with van der Waals surface area (Å²) in [4.78, 5) is 16.4. The van der Waals surface area contributed by atoms with E-state index in [1.165, 1.54) is 43.8 Å². The maximum Gasteiger partial charge on any atom is 0.165 e. The first-order valence-electron chi connectivity index (χ1n) is 16.0. The third-order valence-electron chi connectivity index (χ3n) is 9.28. The van der Waals surface area contributed by atoms with E-state index in [2.05, 4.69) is 149 Å². The van der Waals surface area contributed by atoms with Crippen molar-refractivity contribution in [1.82, 2.24) is 19.5 Å². The summed E-state index contributed by atoms with van der Waals surface area (Å²) >= 11 is 1.70. The van der Waals surface area contributed by atoms with Gasteiger partial charge in [-0.3, -0.25) is 9.55 Å². The lowest BCUT2D eigenvalue weighted by molar-refractivity contribution is 1.08. The van der Waals surface area contributed by atoms with Crippen molar-refractivity contribution in [2.24, 2.45) is 0 Å². The molecule has 0 atom stereocenters. The monoisotopic (exact) mass is 630 g/mol. The highest BCUT2D eigenvalue weighted by Gasteiger charge is 2.22. The van der Waals surface area contributed by atoms with Crippen molar-refractivity contribution >= 4 is 64.3 Å². The Kier molecular flexibility index (Phi) is 6.01. The molecule has 224 valence electrons. The summed E-state index contributed by atoms with van der Waals surface area (Å²) in [6.45, 7) is 0. The van der Waals surface area contributed by atoms with Crippen molar-refractivity contribution in [3.8, 4) is 39.3 Å². The Morgan fingerprint density at radius 2 is 1.17 bits per heavy atom. The van der Waals surface area contributed by atoms with Crippen LogP contribution in [0.2, 0.25) is 0 Å². The molecule has 4 nitrogen and oxygen atoms in total. The molecule has 0 N–H and O–H groups in total. The molecule has 0 saturated carbocycles. The molecular formula is C43H26N4S. The van der Waals surface area contributed by atoms with Crippen LogP contribution in [-0.4, -0.2) is 19.5 Å². The molecule has 10 rings (SSSR count). The first-order chi connectivity index (χ1) is 23.8. The lowest BCUT2D eigenvalue weighted by atomic mass is 9.93. The van der Waals surface area contributed by atoms with Gasteiger partial charge in [0.2, 0.25) is 0 Å². The second-order valence-electron chi connectivity index (χ2n) is 12.1. The first-order valence-corrected chi connectivity index (χ1v) is 16.8. The van der Waals surface area contributed by atoms with Gasteiger partial charge >= 0.3 is 0 Å². The highest BCUT2D eigenvalue weighted by molar-refractivity contribution is 7.25. The second-order valence-corrected chi connectivity index (χ2v) is 13.1. The Labute approximate surface area is 280 Å². The molecule has 10 aromatic rings. The topological polar surface area (TPSA) is 43.6 Å². The van der Waals surface area contributed by atoms with Gasteiger partial charge in [-0.1, -0.05) is 103 Å². The zero-order chi connectivity index (χ0) is 31.6. The lowest BCUT2D eigenvalue weighted by Crippen LogP contribution is -2.03. The molecule has 0 saturated heterocycles. The van der Waals surface area contributed by atoms with Crippen LogP contribution in [0.1, 0.15) is 0 Å². The fourth-order valence-electron chi connectivity index (χ4n) is 7.06. The highest BCUT2D eigenvalue weighted by Crippen LogP contribution is 2.43. The van der Waals surface area contributed by atoms with Crippen molar-refractivity contribution in [2.75, 3.05) is 0 Å². The molecule has 0 radical (unpaired) electrons. The quantitative estimate of drug-likeness (QED) is 0.194. The Bertz CT molecular complexity index is 2820. The minimum atomic E-state index is 0.796. The molecule has 4 heterocycles. The molecule has 5 heteroatoms. The van der Waals surface area contributed by atoms with Crippen LogP contribution in [0.15, 0.2) is 158 Å². The van der Waals surface area contributed by atoms with Gasteiger partial charge in [0.25, 0.3) is 0 Å². The van der Waals surface area contributed by atoms with Gasteiger partial charge < -0.3 is 0 Å². The van der Waals surface area contributed by atoms with Crippen molar-refractivity contribution in [3.63, 3.8) is 0 Å². The van der Waals surface area contributed by atoms with Crippen LogP contribution in [-0.2, 0) is 0 Å². The molecular weight excluding hydrogens is 605 g/mol. The zero-order valence-electron chi connectivity index (χ0n) is 25.7. The standard InChI is InChI=1S/C43H26N4S/c1-3-12-27(13-4-1)33-24-36-39(25-34(33)28-14-5-2-6-15-28)48-43-41(36)45-42(40(46-43)31-18-11-21-44-26-31)47-37-20-10-9-19-32(37)35-22-29-16-7-8-17-30(29)23-38(35)47/h1-26H. The molecule has 0 aliphatic rings. The minimum Gasteiger partial charge on any atom is -0.292 e. The summed E-state index contributed by atoms with van der Waals surface area (Å²) in [6, 6.07) is 51.7. The average Bonchev–Trinajstić information content (AvgIpc) is 3.67. The molecule has 0 amide bonds. The lowest BCUT2D eigenvalue weighted by Gasteiger charge is -2.13. The molecule has 0 aliphatic heterocycles. The van der Waals surface area contributed by atoms with E-state index < -0.39 is 0 Å². The van der Waals surface area contributed by atoms with Crippen LogP contribution >= 0.6 is 11.3 Å². The molecule has 48 heavy (non-hydrogen) atoms. The predicted octanol–water partition coefficient (Wildman–Crippen LogP) is 11.5. The molecule has 0 aliphatic carbocycles. The number of hydrogen-bond donors (Lipinski definition) is 0. The zero-order valence-corrected chi connectivity index (χ0v) is 26.5. The van der Waals surface area contributed by atoms with E-state index >= 15 is 0 Å². The average molecular weight is 631 g/mol. The number of pyridine rings is 1. The van der Waals surface area contributed by atoms with Gasteiger partial charge in [0.05, 0.1) is 11.0 Å². The summed E-state index contributed by atoms with van der Waals surface area (Å²) in [5.41, 5.74) is 9.58. The van der Waals surface area contributed by atoms with Gasteiger partial charge in [-0.2, -0.15) is 0 Å². The number of rotatable bonds is 4. The second kappa shape index (κ2) is 10.7. The van der Waals surface area contributed by atoms with Crippen LogP contribution in [0, 0.1) is 0 Å². The summed E-state index contributed by atoms with van der Waals surface area (Å²) in [5, 5.41) is 5.89. The van der Waals surface area contributed by atoms with Crippen LogP contribution in [0.4, 0.5) is 0 Å². The van der Waals surface area contributed by atoms with Crippen LogP contribution < -0.4 is 0 Å². The number of nitrogens with zero attached hydrogens (tertiary/aromatic N) is 4. The maximum atomic E-state index is 5.58. The molecule has 0 bridgehead atoms. The third-order valence-corrected chi connectivity index (χ3v) is 10.3. The Morgan fingerprint density at radius 1 is 0.500 bits per heavy atom. The SMILES string of the molecule is c1ccc(-c2cc3sc4nc(-c5cccnc5)c(-n5c6ccccc6c6cc7ccccc7cc65)nc4c3cc2-c2ccccc2)cc1. The smallest absolute Gasteiger partial charge is 0.165 e. The van der Waals surface area contributed by atoms with E-state index in [4.69, 9.17) is 9.97 Å². The van der Waals surface area contributed by atoms with Crippen molar-refractivity contribution in [1.29, 1.82) is 0 Å². The highest BCUT2D eigenvalue weighted by atomic mass is 32.1. The van der Waals surface area contributed by atoms with E-state index in [0.29, 0.717) is 0 Å². The Hall–Kier alpha value is -6.17. The van der Waals surface area contributed by atoms with E-state index in [1.54, 1.807) is 17.5 Å². The van der Waals surface area contributed by atoms with Gasteiger partial charge in [-0.05, 0) is 75.5 Å².